The van der Waals surface area contributed by atoms with Crippen LogP contribution in [0, 0.1) is 19.7 Å². The van der Waals surface area contributed by atoms with Gasteiger partial charge in [-0.15, -0.1) is 11.3 Å². The van der Waals surface area contributed by atoms with Gasteiger partial charge in [0.05, 0.1) is 16.7 Å². The summed E-state index contributed by atoms with van der Waals surface area (Å²) in [6.45, 7) is 5.97. The van der Waals surface area contributed by atoms with Crippen molar-refractivity contribution in [3.8, 4) is 5.75 Å². The molecule has 1 unspecified atom stereocenters. The summed E-state index contributed by atoms with van der Waals surface area (Å²) in [5, 5.41) is 13.3. The number of rotatable bonds is 3. The highest BCUT2D eigenvalue weighted by Gasteiger charge is 2.13. The Labute approximate surface area is 109 Å². The Kier molecular flexibility index (Phi) is 3.52. The molecular formula is C13H15FN2OS. The first-order valence-electron chi connectivity index (χ1n) is 5.66. The van der Waals surface area contributed by atoms with E-state index in [1.807, 2.05) is 20.8 Å². The number of hydrogen-bond donors (Lipinski definition) is 2. The van der Waals surface area contributed by atoms with E-state index in [1.165, 1.54) is 12.1 Å². The van der Waals surface area contributed by atoms with Crippen LogP contribution in [-0.4, -0.2) is 10.1 Å². The summed E-state index contributed by atoms with van der Waals surface area (Å²) >= 11 is 1.65. The zero-order chi connectivity index (χ0) is 13.3. The molecule has 0 aliphatic heterocycles. The molecule has 96 valence electrons. The van der Waals surface area contributed by atoms with Gasteiger partial charge in [0.2, 0.25) is 0 Å². The maximum absolute atomic E-state index is 13.2. The molecule has 1 aromatic carbocycles. The summed E-state index contributed by atoms with van der Waals surface area (Å²) in [7, 11) is 0. The molecule has 0 amide bonds. The zero-order valence-corrected chi connectivity index (χ0v) is 11.3. The van der Waals surface area contributed by atoms with Gasteiger partial charge in [0.15, 0.2) is 11.6 Å². The van der Waals surface area contributed by atoms with Crippen molar-refractivity contribution in [2.45, 2.75) is 26.8 Å². The molecule has 1 atom stereocenters. The first kappa shape index (κ1) is 12.8. The second-order valence-corrected chi connectivity index (χ2v) is 5.61. The number of aromatic nitrogens is 1. The summed E-state index contributed by atoms with van der Waals surface area (Å²) < 4.78 is 13.2. The highest BCUT2D eigenvalue weighted by molar-refractivity contribution is 7.11. The van der Waals surface area contributed by atoms with Crippen molar-refractivity contribution in [3.63, 3.8) is 0 Å². The molecular weight excluding hydrogens is 251 g/mol. The van der Waals surface area contributed by atoms with Crippen LogP contribution in [-0.2, 0) is 0 Å². The first-order valence-corrected chi connectivity index (χ1v) is 6.48. The third-order valence-corrected chi connectivity index (χ3v) is 3.58. The molecule has 0 fully saturated rings. The van der Waals surface area contributed by atoms with E-state index < -0.39 is 5.82 Å². The molecule has 0 bridgehead atoms. The standard InChI is InChI=1S/C13H15FN2OS/c1-7(13-8(2)18-9(3)16-13)15-10-4-5-12(17)11(14)6-10/h4-7,15,17H,1-3H3. The SMILES string of the molecule is Cc1nc(C(C)Nc2ccc(O)c(F)c2)c(C)s1. The second-order valence-electron chi connectivity index (χ2n) is 4.21. The number of halogens is 1. The summed E-state index contributed by atoms with van der Waals surface area (Å²) in [6.07, 6.45) is 0. The van der Waals surface area contributed by atoms with Gasteiger partial charge in [-0.1, -0.05) is 0 Å². The molecule has 1 aromatic heterocycles. The summed E-state index contributed by atoms with van der Waals surface area (Å²) in [6, 6.07) is 4.26. The average Bonchev–Trinajstić information content (AvgIpc) is 2.63. The van der Waals surface area contributed by atoms with Crippen molar-refractivity contribution in [3.05, 3.63) is 39.6 Å². The number of aryl methyl sites for hydroxylation is 2. The van der Waals surface area contributed by atoms with E-state index >= 15 is 0 Å². The lowest BCUT2D eigenvalue weighted by Crippen LogP contribution is -2.08. The van der Waals surface area contributed by atoms with Gasteiger partial charge in [0.1, 0.15) is 0 Å². The lowest BCUT2D eigenvalue weighted by Gasteiger charge is -2.14. The second kappa shape index (κ2) is 4.94. The lowest BCUT2D eigenvalue weighted by atomic mass is 10.2. The fraction of sp³-hybridized carbons (Fsp3) is 0.308. The number of nitrogens with zero attached hydrogens (tertiary/aromatic N) is 1. The minimum Gasteiger partial charge on any atom is -0.505 e. The molecule has 0 radical (unpaired) electrons. The summed E-state index contributed by atoms with van der Waals surface area (Å²) in [5.74, 6) is -0.965. The molecule has 0 aliphatic carbocycles. The molecule has 2 rings (SSSR count). The van der Waals surface area contributed by atoms with Crippen LogP contribution in [0.3, 0.4) is 0 Å². The number of aromatic hydroxyl groups is 1. The fourth-order valence-corrected chi connectivity index (χ4v) is 2.78. The molecule has 2 N–H and O–H groups in total. The van der Waals surface area contributed by atoms with Gasteiger partial charge in [-0.2, -0.15) is 0 Å². The van der Waals surface area contributed by atoms with Crippen molar-refractivity contribution < 1.29 is 9.50 Å². The smallest absolute Gasteiger partial charge is 0.166 e. The van der Waals surface area contributed by atoms with Crippen molar-refractivity contribution >= 4 is 17.0 Å². The van der Waals surface area contributed by atoms with E-state index in [0.717, 1.165) is 15.6 Å². The number of hydrogen-bond acceptors (Lipinski definition) is 4. The Bertz CT molecular complexity index is 568. The highest BCUT2D eigenvalue weighted by atomic mass is 32.1. The molecule has 1 heterocycles. The predicted molar refractivity (Wildman–Crippen MR) is 71.7 cm³/mol. The van der Waals surface area contributed by atoms with E-state index in [1.54, 1.807) is 17.4 Å². The Morgan fingerprint density at radius 3 is 2.67 bits per heavy atom. The highest BCUT2D eigenvalue weighted by Crippen LogP contribution is 2.27. The van der Waals surface area contributed by atoms with Crippen molar-refractivity contribution in [2.24, 2.45) is 0 Å². The number of anilines is 1. The van der Waals surface area contributed by atoms with E-state index in [-0.39, 0.29) is 11.8 Å². The number of benzene rings is 1. The summed E-state index contributed by atoms with van der Waals surface area (Å²) in [5.41, 5.74) is 1.61. The van der Waals surface area contributed by atoms with E-state index in [9.17, 15) is 4.39 Å². The monoisotopic (exact) mass is 266 g/mol. The minimum atomic E-state index is -0.626. The number of phenols is 1. The van der Waals surface area contributed by atoms with Gasteiger partial charge in [0, 0.05) is 16.6 Å². The van der Waals surface area contributed by atoms with E-state index in [2.05, 4.69) is 10.3 Å². The van der Waals surface area contributed by atoms with Crippen molar-refractivity contribution in [1.29, 1.82) is 0 Å². The van der Waals surface area contributed by atoms with Gasteiger partial charge in [-0.3, -0.25) is 0 Å². The maximum atomic E-state index is 13.2. The number of nitrogens with one attached hydrogen (secondary N) is 1. The van der Waals surface area contributed by atoms with Crippen LogP contribution in [0.2, 0.25) is 0 Å². The van der Waals surface area contributed by atoms with Crippen molar-refractivity contribution in [1.82, 2.24) is 4.98 Å². The number of phenolic OH excluding ortho intramolecular Hbond substituents is 1. The molecule has 3 nitrogen and oxygen atoms in total. The molecule has 0 aliphatic rings. The van der Waals surface area contributed by atoms with Crippen molar-refractivity contribution in [2.75, 3.05) is 5.32 Å². The normalized spacial score (nSPS) is 12.4. The van der Waals surface area contributed by atoms with Crippen LogP contribution < -0.4 is 5.32 Å². The van der Waals surface area contributed by atoms with E-state index in [4.69, 9.17) is 5.11 Å². The van der Waals surface area contributed by atoms with Gasteiger partial charge >= 0.3 is 0 Å². The predicted octanol–water partition coefficient (Wildman–Crippen LogP) is 3.78. The van der Waals surface area contributed by atoms with Crippen LogP contribution >= 0.6 is 11.3 Å². The molecule has 0 saturated heterocycles. The fourth-order valence-electron chi connectivity index (χ4n) is 1.86. The summed E-state index contributed by atoms with van der Waals surface area (Å²) in [4.78, 5) is 5.62. The lowest BCUT2D eigenvalue weighted by molar-refractivity contribution is 0.432. The average molecular weight is 266 g/mol. The van der Waals surface area contributed by atoms with Gasteiger partial charge < -0.3 is 10.4 Å². The Morgan fingerprint density at radius 2 is 2.11 bits per heavy atom. The maximum Gasteiger partial charge on any atom is 0.166 e. The van der Waals surface area contributed by atoms with Crippen LogP contribution in [0.1, 0.15) is 28.5 Å². The zero-order valence-electron chi connectivity index (χ0n) is 10.5. The van der Waals surface area contributed by atoms with Gasteiger partial charge in [-0.25, -0.2) is 9.37 Å². The van der Waals surface area contributed by atoms with Crippen LogP contribution in [0.5, 0.6) is 5.75 Å². The van der Waals surface area contributed by atoms with Crippen LogP contribution in [0.15, 0.2) is 18.2 Å². The molecule has 18 heavy (non-hydrogen) atoms. The Morgan fingerprint density at radius 1 is 1.39 bits per heavy atom. The Balaban J connectivity index is 2.18. The molecule has 2 aromatic rings. The van der Waals surface area contributed by atoms with Crippen LogP contribution in [0.4, 0.5) is 10.1 Å². The number of thiazole rings is 1. The molecule has 5 heteroatoms. The Hall–Kier alpha value is -1.62. The third kappa shape index (κ3) is 2.61. The van der Waals surface area contributed by atoms with E-state index in [0.29, 0.717) is 5.69 Å². The molecule has 0 spiro atoms. The third-order valence-electron chi connectivity index (χ3n) is 2.68. The quantitative estimate of drug-likeness (QED) is 0.831. The van der Waals surface area contributed by atoms with Gasteiger partial charge in [-0.05, 0) is 32.9 Å². The van der Waals surface area contributed by atoms with Gasteiger partial charge in [0.25, 0.3) is 0 Å². The molecule has 0 saturated carbocycles. The first-order chi connectivity index (χ1) is 8.47. The minimum absolute atomic E-state index is 0.00103. The van der Waals surface area contributed by atoms with Crippen LogP contribution in [0.25, 0.3) is 0 Å². The topological polar surface area (TPSA) is 45.2 Å². The largest absolute Gasteiger partial charge is 0.505 e.